The van der Waals surface area contributed by atoms with Gasteiger partial charge in [0.1, 0.15) is 0 Å². The van der Waals surface area contributed by atoms with Gasteiger partial charge in [-0.1, -0.05) is 83.2 Å². The average Bonchev–Trinajstić information content (AvgIpc) is 2.63. The molecule has 1 aliphatic carbocycles. The molecule has 2 atom stereocenters. The van der Waals surface area contributed by atoms with Crippen molar-refractivity contribution >= 4 is 5.57 Å². The van der Waals surface area contributed by atoms with E-state index in [1.807, 2.05) is 0 Å². The second-order valence-electron chi connectivity index (χ2n) is 7.98. The topological polar surface area (TPSA) is 0 Å². The first-order valence-corrected chi connectivity index (χ1v) is 10.5. The van der Waals surface area contributed by atoms with E-state index in [1.54, 1.807) is 5.57 Å². The van der Waals surface area contributed by atoms with E-state index >= 15 is 0 Å². The summed E-state index contributed by atoms with van der Waals surface area (Å²) in [6.45, 7) is 7.01. The van der Waals surface area contributed by atoms with Crippen LogP contribution in [0.5, 0.6) is 0 Å². The Kier molecular flexibility index (Phi) is 8.64. The van der Waals surface area contributed by atoms with E-state index in [-0.39, 0.29) is 0 Å². The maximum absolute atomic E-state index is 2.52. The minimum atomic E-state index is 0.890. The van der Waals surface area contributed by atoms with Crippen LogP contribution in [-0.2, 0) is 6.42 Å². The first kappa shape index (κ1) is 19.3. The lowest BCUT2D eigenvalue weighted by Crippen LogP contribution is -2.09. The largest absolute Gasteiger partial charge is 0.0804 e. The van der Waals surface area contributed by atoms with Gasteiger partial charge in [0.2, 0.25) is 0 Å². The Labute approximate surface area is 150 Å². The van der Waals surface area contributed by atoms with Crippen LogP contribution < -0.4 is 0 Å². The van der Waals surface area contributed by atoms with Gasteiger partial charge < -0.3 is 0 Å². The van der Waals surface area contributed by atoms with Gasteiger partial charge in [-0.2, -0.15) is 0 Å². The lowest BCUT2D eigenvalue weighted by atomic mass is 9.81. The van der Waals surface area contributed by atoms with E-state index < -0.39 is 0 Å². The molecular weight excluding hydrogens is 288 g/mol. The van der Waals surface area contributed by atoms with Crippen LogP contribution in [0.15, 0.2) is 30.3 Å². The third-order valence-electron chi connectivity index (χ3n) is 5.85. The highest BCUT2D eigenvalue weighted by Crippen LogP contribution is 2.34. The summed E-state index contributed by atoms with van der Waals surface area (Å²) in [6, 6.07) is 9.45. The van der Waals surface area contributed by atoms with Crippen LogP contribution in [0.1, 0.15) is 96.1 Å². The number of hydrogen-bond acceptors (Lipinski definition) is 0. The zero-order valence-corrected chi connectivity index (χ0v) is 16.3. The van der Waals surface area contributed by atoms with E-state index in [4.69, 9.17) is 0 Å². The molecule has 1 aliphatic rings. The highest BCUT2D eigenvalue weighted by molar-refractivity contribution is 5.66. The molecule has 1 aromatic carbocycles. The molecule has 0 bridgehead atoms. The fraction of sp³-hybridized carbons (Fsp3) is 0.667. The molecule has 0 saturated heterocycles. The Hall–Kier alpha value is -1.04. The van der Waals surface area contributed by atoms with Crippen LogP contribution in [0.2, 0.25) is 0 Å². The Balaban J connectivity index is 1.79. The monoisotopic (exact) mass is 326 g/mol. The van der Waals surface area contributed by atoms with Crippen LogP contribution in [0.4, 0.5) is 0 Å². The molecule has 0 aliphatic heterocycles. The smallest absolute Gasteiger partial charge is 0.0228 e. The molecule has 0 nitrogen and oxygen atoms in total. The number of rotatable bonds is 10. The lowest BCUT2D eigenvalue weighted by molar-refractivity contribution is 0.362. The predicted octanol–water partition coefficient (Wildman–Crippen LogP) is 7.82. The number of benzene rings is 1. The maximum Gasteiger partial charge on any atom is -0.0228 e. The molecule has 0 heteroatoms. The molecule has 0 fully saturated rings. The summed E-state index contributed by atoms with van der Waals surface area (Å²) in [6.07, 6.45) is 17.3. The van der Waals surface area contributed by atoms with Gasteiger partial charge in [-0.15, -0.1) is 0 Å². The van der Waals surface area contributed by atoms with E-state index in [9.17, 15) is 0 Å². The fourth-order valence-corrected chi connectivity index (χ4v) is 3.92. The highest BCUT2D eigenvalue weighted by atomic mass is 14.2. The number of unbranched alkanes of at least 4 members (excludes halogenated alkanes) is 4. The van der Waals surface area contributed by atoms with Crippen molar-refractivity contribution in [2.24, 2.45) is 11.8 Å². The minimum absolute atomic E-state index is 0.890. The van der Waals surface area contributed by atoms with Crippen LogP contribution in [-0.4, -0.2) is 0 Å². The molecule has 0 N–H and O–H groups in total. The lowest BCUT2D eigenvalue weighted by Gasteiger charge is -2.24. The number of hydrogen-bond donors (Lipinski definition) is 0. The van der Waals surface area contributed by atoms with Crippen LogP contribution in [0, 0.1) is 11.8 Å². The summed E-state index contributed by atoms with van der Waals surface area (Å²) in [5.74, 6) is 1.81. The molecular formula is C24H38. The standard InChI is InChI=1S/C24H38/c1-4-6-7-8-9-10-21-11-15-23(16-12-21)24-17-13-22(14-18-24)19-20(3)5-2/h11-12,15-17,20,22H,4-10,13-14,18-19H2,1-3H3. The van der Waals surface area contributed by atoms with Crippen molar-refractivity contribution in [3.8, 4) is 0 Å². The summed E-state index contributed by atoms with van der Waals surface area (Å²) in [4.78, 5) is 0. The van der Waals surface area contributed by atoms with Crippen LogP contribution in [0.3, 0.4) is 0 Å². The molecule has 0 spiro atoms. The summed E-state index contributed by atoms with van der Waals surface area (Å²) >= 11 is 0. The van der Waals surface area contributed by atoms with Crippen molar-refractivity contribution < 1.29 is 0 Å². The van der Waals surface area contributed by atoms with Gasteiger partial charge in [-0.25, -0.2) is 0 Å². The van der Waals surface area contributed by atoms with Crippen molar-refractivity contribution in [3.05, 3.63) is 41.5 Å². The SMILES string of the molecule is CCCCCCCc1ccc(C2=CCC(CC(C)CC)CC2)cc1. The van der Waals surface area contributed by atoms with E-state index in [0.29, 0.717) is 0 Å². The Morgan fingerprint density at radius 3 is 2.38 bits per heavy atom. The van der Waals surface area contributed by atoms with E-state index in [0.717, 1.165) is 11.8 Å². The second kappa shape index (κ2) is 10.7. The third-order valence-corrected chi connectivity index (χ3v) is 5.85. The Morgan fingerprint density at radius 1 is 1.00 bits per heavy atom. The quantitative estimate of drug-likeness (QED) is 0.384. The van der Waals surface area contributed by atoms with Gasteiger partial charge >= 0.3 is 0 Å². The Bertz CT molecular complexity index is 479. The Morgan fingerprint density at radius 2 is 1.75 bits per heavy atom. The van der Waals surface area contributed by atoms with Crippen molar-refractivity contribution in [3.63, 3.8) is 0 Å². The molecule has 24 heavy (non-hydrogen) atoms. The fourth-order valence-electron chi connectivity index (χ4n) is 3.92. The zero-order chi connectivity index (χ0) is 17.2. The van der Waals surface area contributed by atoms with E-state index in [2.05, 4.69) is 51.1 Å². The third kappa shape index (κ3) is 6.46. The maximum atomic E-state index is 2.52. The van der Waals surface area contributed by atoms with Crippen LogP contribution >= 0.6 is 0 Å². The molecule has 2 unspecified atom stereocenters. The normalized spacial score (nSPS) is 19.1. The summed E-state index contributed by atoms with van der Waals surface area (Å²) in [5.41, 5.74) is 4.57. The summed E-state index contributed by atoms with van der Waals surface area (Å²) < 4.78 is 0. The molecule has 1 aromatic rings. The molecule has 2 rings (SSSR count). The minimum Gasteiger partial charge on any atom is -0.0804 e. The van der Waals surface area contributed by atoms with Gasteiger partial charge in [0.25, 0.3) is 0 Å². The first-order valence-electron chi connectivity index (χ1n) is 10.5. The molecule has 0 saturated carbocycles. The first-order chi connectivity index (χ1) is 11.7. The van der Waals surface area contributed by atoms with E-state index in [1.165, 1.54) is 81.8 Å². The number of allylic oxidation sites excluding steroid dienone is 2. The predicted molar refractivity (Wildman–Crippen MR) is 108 cm³/mol. The molecule has 134 valence electrons. The number of aryl methyl sites for hydroxylation is 1. The van der Waals surface area contributed by atoms with Gasteiger partial charge in [0, 0.05) is 0 Å². The molecule has 0 heterocycles. The van der Waals surface area contributed by atoms with Gasteiger partial charge in [-0.3, -0.25) is 0 Å². The zero-order valence-electron chi connectivity index (χ0n) is 16.3. The van der Waals surface area contributed by atoms with Crippen molar-refractivity contribution in [2.75, 3.05) is 0 Å². The molecule has 0 amide bonds. The summed E-state index contributed by atoms with van der Waals surface area (Å²) in [7, 11) is 0. The average molecular weight is 327 g/mol. The van der Waals surface area contributed by atoms with Crippen molar-refractivity contribution in [1.29, 1.82) is 0 Å². The second-order valence-corrected chi connectivity index (χ2v) is 7.98. The van der Waals surface area contributed by atoms with Crippen molar-refractivity contribution in [2.45, 2.75) is 91.4 Å². The van der Waals surface area contributed by atoms with Gasteiger partial charge in [0.05, 0.1) is 0 Å². The van der Waals surface area contributed by atoms with Crippen molar-refractivity contribution in [1.82, 2.24) is 0 Å². The van der Waals surface area contributed by atoms with Gasteiger partial charge in [-0.05, 0) is 67.1 Å². The molecule has 0 aromatic heterocycles. The highest BCUT2D eigenvalue weighted by Gasteiger charge is 2.17. The summed E-state index contributed by atoms with van der Waals surface area (Å²) in [5, 5.41) is 0. The van der Waals surface area contributed by atoms with Gasteiger partial charge in [0.15, 0.2) is 0 Å². The van der Waals surface area contributed by atoms with Crippen LogP contribution in [0.25, 0.3) is 5.57 Å². The molecule has 0 radical (unpaired) electrons.